The molecule has 2 aromatic carbocycles. The number of rotatable bonds is 4. The van der Waals surface area contributed by atoms with Crippen molar-refractivity contribution in [1.29, 1.82) is 0 Å². The third-order valence-electron chi connectivity index (χ3n) is 2.86. The Morgan fingerprint density at radius 3 is 1.52 bits per heavy atom. The highest BCUT2D eigenvalue weighted by Gasteiger charge is 2.26. The third kappa shape index (κ3) is 2.82. The summed E-state index contributed by atoms with van der Waals surface area (Å²) in [5.74, 6) is -1.67. The van der Waals surface area contributed by atoms with Crippen LogP contribution in [0.1, 0.15) is 0 Å². The Bertz CT molecular complexity index is 713. The lowest BCUT2D eigenvalue weighted by molar-refractivity contribution is 0.410. The molecule has 0 spiro atoms. The maximum Gasteiger partial charge on any atom is 0.212 e. The molecule has 0 N–H and O–H groups in total. The van der Waals surface area contributed by atoms with Gasteiger partial charge in [-0.15, -0.1) is 0 Å². The Balaban J connectivity index is 2.67. The van der Waals surface area contributed by atoms with Crippen LogP contribution >= 0.6 is 0 Å². The van der Waals surface area contributed by atoms with Gasteiger partial charge in [-0.25, -0.2) is 17.2 Å². The summed E-state index contributed by atoms with van der Waals surface area (Å²) in [5, 5.41) is 0. The fourth-order valence-electron chi connectivity index (χ4n) is 1.75. The van der Waals surface area contributed by atoms with Gasteiger partial charge in [0.25, 0.3) is 0 Å². The van der Waals surface area contributed by atoms with E-state index in [1.807, 2.05) is 0 Å². The van der Waals surface area contributed by atoms with Crippen molar-refractivity contribution in [3.8, 4) is 11.5 Å². The molecule has 0 heterocycles. The van der Waals surface area contributed by atoms with Gasteiger partial charge in [-0.05, 0) is 24.3 Å². The molecule has 2 aromatic rings. The Morgan fingerprint density at radius 2 is 1.19 bits per heavy atom. The fraction of sp³-hybridized carbons (Fsp3) is 0.143. The number of halogens is 2. The molecule has 0 amide bonds. The summed E-state index contributed by atoms with van der Waals surface area (Å²) in [7, 11) is -1.75. The van der Waals surface area contributed by atoms with Crippen molar-refractivity contribution in [2.45, 2.75) is 9.79 Å². The topological polar surface area (TPSA) is 52.6 Å². The first-order valence-corrected chi connectivity index (χ1v) is 7.30. The lowest BCUT2D eigenvalue weighted by atomic mass is 10.3. The summed E-state index contributed by atoms with van der Waals surface area (Å²) >= 11 is 0. The van der Waals surface area contributed by atoms with E-state index in [1.54, 1.807) is 0 Å². The maximum atomic E-state index is 13.8. The molecule has 0 aliphatic heterocycles. The zero-order valence-corrected chi connectivity index (χ0v) is 12.1. The van der Waals surface area contributed by atoms with Crippen LogP contribution in [-0.4, -0.2) is 22.6 Å². The molecule has 21 heavy (non-hydrogen) atoms. The van der Waals surface area contributed by atoms with Crippen LogP contribution in [0.15, 0.2) is 46.2 Å². The molecule has 0 unspecified atom stereocenters. The van der Waals surface area contributed by atoms with E-state index in [-0.39, 0.29) is 11.5 Å². The van der Waals surface area contributed by atoms with Gasteiger partial charge in [0.15, 0.2) is 0 Å². The minimum atomic E-state index is -4.38. The number of hydrogen-bond donors (Lipinski definition) is 0. The molecule has 0 fully saturated rings. The molecule has 2 rings (SSSR count). The second kappa shape index (κ2) is 5.69. The van der Waals surface area contributed by atoms with Gasteiger partial charge in [0.1, 0.15) is 32.9 Å². The summed E-state index contributed by atoms with van der Waals surface area (Å²) in [5.41, 5.74) is 0. The standard InChI is InChI=1S/C14H12F2O4S/c1-19-9-3-5-11(15)13(7-9)21(17,18)14-8-10(20-2)4-6-12(14)16/h3-8H,1-2H3. The molecule has 0 atom stereocenters. The first-order chi connectivity index (χ1) is 9.90. The molecular formula is C14H12F2O4S. The summed E-state index contributed by atoms with van der Waals surface area (Å²) in [6.45, 7) is 0. The van der Waals surface area contributed by atoms with Gasteiger partial charge >= 0.3 is 0 Å². The largest absolute Gasteiger partial charge is 0.497 e. The van der Waals surface area contributed by atoms with Crippen LogP contribution in [-0.2, 0) is 9.84 Å². The number of hydrogen-bond acceptors (Lipinski definition) is 4. The molecule has 7 heteroatoms. The van der Waals surface area contributed by atoms with Crippen molar-refractivity contribution in [1.82, 2.24) is 0 Å². The van der Waals surface area contributed by atoms with E-state index in [4.69, 9.17) is 9.47 Å². The zero-order chi connectivity index (χ0) is 15.6. The Hall–Kier alpha value is -2.15. The zero-order valence-electron chi connectivity index (χ0n) is 11.3. The summed E-state index contributed by atoms with van der Waals surface area (Å²) in [4.78, 5) is -1.32. The first kappa shape index (κ1) is 15.2. The van der Waals surface area contributed by atoms with Crippen molar-refractivity contribution in [2.24, 2.45) is 0 Å². The van der Waals surface area contributed by atoms with Gasteiger partial charge in [0.2, 0.25) is 9.84 Å². The number of methoxy groups -OCH3 is 2. The molecule has 0 radical (unpaired) electrons. The smallest absolute Gasteiger partial charge is 0.212 e. The monoisotopic (exact) mass is 314 g/mol. The fourth-order valence-corrected chi connectivity index (χ4v) is 3.18. The van der Waals surface area contributed by atoms with E-state index >= 15 is 0 Å². The normalized spacial score (nSPS) is 11.2. The number of sulfone groups is 1. The molecular weight excluding hydrogens is 302 g/mol. The minimum absolute atomic E-state index is 0.151. The van der Waals surface area contributed by atoms with Gasteiger partial charge in [-0.3, -0.25) is 0 Å². The lowest BCUT2D eigenvalue weighted by Crippen LogP contribution is -2.07. The van der Waals surface area contributed by atoms with Crippen LogP contribution < -0.4 is 9.47 Å². The highest BCUT2D eigenvalue weighted by atomic mass is 32.2. The van der Waals surface area contributed by atoms with Crippen LogP contribution in [0.5, 0.6) is 11.5 Å². The van der Waals surface area contributed by atoms with Gasteiger partial charge in [0, 0.05) is 12.1 Å². The van der Waals surface area contributed by atoms with Crippen LogP contribution in [0.2, 0.25) is 0 Å². The van der Waals surface area contributed by atoms with Crippen molar-refractivity contribution < 1.29 is 26.7 Å². The second-order valence-electron chi connectivity index (χ2n) is 4.10. The highest BCUT2D eigenvalue weighted by Crippen LogP contribution is 2.30. The second-order valence-corrected chi connectivity index (χ2v) is 5.98. The number of benzene rings is 2. The molecule has 0 bridgehead atoms. The predicted molar refractivity (Wildman–Crippen MR) is 71.4 cm³/mol. The Kier molecular flexibility index (Phi) is 4.13. The van der Waals surface area contributed by atoms with Gasteiger partial charge < -0.3 is 9.47 Å². The number of ether oxygens (including phenoxy) is 2. The van der Waals surface area contributed by atoms with Crippen molar-refractivity contribution in [2.75, 3.05) is 14.2 Å². The van der Waals surface area contributed by atoms with E-state index in [1.165, 1.54) is 26.4 Å². The third-order valence-corrected chi connectivity index (χ3v) is 4.64. The van der Waals surface area contributed by atoms with Crippen molar-refractivity contribution in [3.63, 3.8) is 0 Å². The van der Waals surface area contributed by atoms with E-state index in [0.29, 0.717) is 0 Å². The van der Waals surface area contributed by atoms with E-state index in [9.17, 15) is 17.2 Å². The summed E-state index contributed by atoms with van der Waals surface area (Å²) in [6.07, 6.45) is 0. The average Bonchev–Trinajstić information content (AvgIpc) is 2.48. The minimum Gasteiger partial charge on any atom is -0.497 e. The van der Waals surface area contributed by atoms with Crippen LogP contribution in [0.3, 0.4) is 0 Å². The van der Waals surface area contributed by atoms with Crippen LogP contribution in [0.4, 0.5) is 8.78 Å². The van der Waals surface area contributed by atoms with E-state index < -0.39 is 31.3 Å². The van der Waals surface area contributed by atoms with E-state index in [0.717, 1.165) is 24.3 Å². The molecule has 112 valence electrons. The Morgan fingerprint density at radius 1 is 0.810 bits per heavy atom. The molecule has 4 nitrogen and oxygen atoms in total. The Labute approximate surface area is 120 Å². The SMILES string of the molecule is COc1ccc(F)c(S(=O)(=O)c2cc(OC)ccc2F)c1. The van der Waals surface area contributed by atoms with Crippen molar-refractivity contribution >= 4 is 9.84 Å². The highest BCUT2D eigenvalue weighted by molar-refractivity contribution is 7.91. The first-order valence-electron chi connectivity index (χ1n) is 5.82. The molecule has 0 saturated heterocycles. The molecule has 0 aliphatic rings. The van der Waals surface area contributed by atoms with Gasteiger partial charge in [-0.1, -0.05) is 0 Å². The van der Waals surface area contributed by atoms with Crippen LogP contribution in [0.25, 0.3) is 0 Å². The van der Waals surface area contributed by atoms with E-state index in [2.05, 4.69) is 0 Å². The summed E-state index contributed by atoms with van der Waals surface area (Å²) in [6, 6.07) is 6.45. The summed E-state index contributed by atoms with van der Waals surface area (Å²) < 4.78 is 62.2. The van der Waals surface area contributed by atoms with Gasteiger partial charge in [-0.2, -0.15) is 0 Å². The van der Waals surface area contributed by atoms with Crippen LogP contribution in [0, 0.1) is 11.6 Å². The average molecular weight is 314 g/mol. The lowest BCUT2D eigenvalue weighted by Gasteiger charge is -2.10. The molecule has 0 aromatic heterocycles. The molecule has 0 aliphatic carbocycles. The quantitative estimate of drug-likeness (QED) is 0.871. The van der Waals surface area contributed by atoms with Gasteiger partial charge in [0.05, 0.1) is 14.2 Å². The predicted octanol–water partition coefficient (Wildman–Crippen LogP) is 2.81. The molecule has 0 saturated carbocycles. The maximum absolute atomic E-state index is 13.8. The van der Waals surface area contributed by atoms with Crippen molar-refractivity contribution in [3.05, 3.63) is 48.0 Å².